The third-order valence-corrected chi connectivity index (χ3v) is 4.79. The van der Waals surface area contributed by atoms with E-state index in [1.54, 1.807) is 27.7 Å². The molecule has 1 aromatic rings. The maximum absolute atomic E-state index is 12.9. The van der Waals surface area contributed by atoms with Crippen molar-refractivity contribution in [3.05, 3.63) is 35.9 Å². The van der Waals surface area contributed by atoms with E-state index in [1.165, 1.54) is 6.92 Å². The number of rotatable bonds is 10. The maximum atomic E-state index is 12.9. The molecule has 3 amide bonds. The molecule has 4 N–H and O–H groups in total. The van der Waals surface area contributed by atoms with E-state index in [-0.39, 0.29) is 24.7 Å². The Hall–Kier alpha value is -2.70. The molecule has 0 aliphatic rings. The second kappa shape index (κ2) is 12.1. The first kappa shape index (κ1) is 27.3. The Kier molecular flexibility index (Phi) is 11.0. The molecule has 1 atom stereocenters. The van der Waals surface area contributed by atoms with Gasteiger partial charge in [-0.1, -0.05) is 71.9 Å². The minimum atomic E-state index is -0.867. The number of primary amides is 1. The van der Waals surface area contributed by atoms with Crippen LogP contribution < -0.4 is 16.4 Å². The number of carbonyl (C=O) groups is 4. The van der Waals surface area contributed by atoms with Gasteiger partial charge in [0.25, 0.3) is 0 Å². The van der Waals surface area contributed by atoms with Gasteiger partial charge in [0.15, 0.2) is 0 Å². The summed E-state index contributed by atoms with van der Waals surface area (Å²) in [5.74, 6) is -1.50. The van der Waals surface area contributed by atoms with E-state index < -0.39 is 28.7 Å². The first-order valence-electron chi connectivity index (χ1n) is 10.3. The second-order valence-corrected chi connectivity index (χ2v) is 8.40. The molecule has 1 aromatic carbocycles. The third kappa shape index (κ3) is 9.20. The van der Waals surface area contributed by atoms with Crippen LogP contribution in [0.25, 0.3) is 0 Å². The van der Waals surface area contributed by atoms with Gasteiger partial charge in [-0.2, -0.15) is 0 Å². The summed E-state index contributed by atoms with van der Waals surface area (Å²) >= 11 is 0. The molecule has 1 unspecified atom stereocenters. The van der Waals surface area contributed by atoms with Crippen LogP contribution in [0.2, 0.25) is 0 Å². The predicted octanol–water partition coefficient (Wildman–Crippen LogP) is 2.37. The molecule has 0 aromatic heterocycles. The Balaban J connectivity index is 0.00000407. The van der Waals surface area contributed by atoms with Crippen LogP contribution in [-0.2, 0) is 25.6 Å². The topological polar surface area (TPSA) is 118 Å². The van der Waals surface area contributed by atoms with Gasteiger partial charge < -0.3 is 16.4 Å². The van der Waals surface area contributed by atoms with E-state index in [2.05, 4.69) is 10.6 Å². The molecule has 0 heterocycles. The number of nitrogens with two attached hydrogens (primary N) is 1. The SMILES string of the molecule is CC.CC(=O)C(C)(C)CC(C)(C)C(=O)NC(Cc1ccccc1)C(=O)NCC(N)=O. The molecule has 0 bridgehead atoms. The number of hydrogen-bond acceptors (Lipinski definition) is 4. The number of amides is 3. The van der Waals surface area contributed by atoms with Crippen molar-refractivity contribution in [1.29, 1.82) is 0 Å². The van der Waals surface area contributed by atoms with Crippen molar-refractivity contribution in [3.8, 4) is 0 Å². The largest absolute Gasteiger partial charge is 0.368 e. The molecular formula is C23H37N3O4. The van der Waals surface area contributed by atoms with Crippen LogP contribution in [0.5, 0.6) is 0 Å². The van der Waals surface area contributed by atoms with Gasteiger partial charge in [-0.05, 0) is 18.9 Å². The smallest absolute Gasteiger partial charge is 0.243 e. The van der Waals surface area contributed by atoms with E-state index >= 15 is 0 Å². The summed E-state index contributed by atoms with van der Waals surface area (Å²) in [6.45, 7) is 12.3. The first-order valence-corrected chi connectivity index (χ1v) is 10.3. The molecule has 0 fully saturated rings. The highest BCUT2D eigenvalue weighted by atomic mass is 16.2. The Morgan fingerprint density at radius 2 is 1.50 bits per heavy atom. The van der Waals surface area contributed by atoms with Crippen LogP contribution in [0.15, 0.2) is 30.3 Å². The molecule has 7 heteroatoms. The number of Topliss-reactive ketones (excluding diaryl/α,β-unsaturated/α-hetero) is 1. The molecule has 0 aliphatic heterocycles. The lowest BCUT2D eigenvalue weighted by Gasteiger charge is -2.33. The van der Waals surface area contributed by atoms with Crippen LogP contribution in [0.3, 0.4) is 0 Å². The van der Waals surface area contributed by atoms with Gasteiger partial charge in [0.1, 0.15) is 11.8 Å². The number of carbonyl (C=O) groups excluding carboxylic acids is 4. The van der Waals surface area contributed by atoms with Gasteiger partial charge in [0.2, 0.25) is 17.7 Å². The van der Waals surface area contributed by atoms with Crippen molar-refractivity contribution in [2.24, 2.45) is 16.6 Å². The number of benzene rings is 1. The molecule has 0 spiro atoms. The molecule has 0 aliphatic carbocycles. The fourth-order valence-corrected chi connectivity index (χ4v) is 3.02. The average Bonchev–Trinajstić information content (AvgIpc) is 2.67. The lowest BCUT2D eigenvalue weighted by molar-refractivity contribution is -0.137. The van der Waals surface area contributed by atoms with Crippen LogP contribution in [0, 0.1) is 10.8 Å². The standard InChI is InChI=1S/C21H31N3O4.C2H6/c1-14(25)20(2,3)13-21(4,5)19(28)24-16(18(27)23-12-17(22)26)11-15-9-7-6-8-10-15;1-2/h6-10,16H,11-13H2,1-5H3,(H2,22,26)(H,23,27)(H,24,28);1-2H3. The van der Waals surface area contributed by atoms with Crippen LogP contribution in [0.4, 0.5) is 0 Å². The zero-order valence-electron chi connectivity index (χ0n) is 19.3. The van der Waals surface area contributed by atoms with Gasteiger partial charge in [-0.15, -0.1) is 0 Å². The summed E-state index contributed by atoms with van der Waals surface area (Å²) in [6.07, 6.45) is 0.603. The Morgan fingerprint density at radius 1 is 0.967 bits per heavy atom. The Bertz CT molecular complexity index is 727. The quantitative estimate of drug-likeness (QED) is 0.539. The Morgan fingerprint density at radius 3 is 1.97 bits per heavy atom. The van der Waals surface area contributed by atoms with Crippen molar-refractivity contribution in [2.45, 2.75) is 67.3 Å². The van der Waals surface area contributed by atoms with E-state index in [1.807, 2.05) is 44.2 Å². The van der Waals surface area contributed by atoms with E-state index in [4.69, 9.17) is 5.73 Å². The molecule has 0 radical (unpaired) electrons. The van der Waals surface area contributed by atoms with E-state index in [0.717, 1.165) is 5.56 Å². The third-order valence-electron chi connectivity index (χ3n) is 4.79. The number of ketones is 1. The van der Waals surface area contributed by atoms with E-state index in [0.29, 0.717) is 6.42 Å². The van der Waals surface area contributed by atoms with Gasteiger partial charge >= 0.3 is 0 Å². The number of nitrogens with one attached hydrogen (secondary N) is 2. The van der Waals surface area contributed by atoms with Gasteiger partial charge in [0, 0.05) is 17.3 Å². The van der Waals surface area contributed by atoms with Crippen molar-refractivity contribution >= 4 is 23.5 Å². The minimum Gasteiger partial charge on any atom is -0.368 e. The molecular weight excluding hydrogens is 382 g/mol. The van der Waals surface area contributed by atoms with Crippen LogP contribution >= 0.6 is 0 Å². The van der Waals surface area contributed by atoms with Gasteiger partial charge in [-0.3, -0.25) is 19.2 Å². The van der Waals surface area contributed by atoms with Crippen LogP contribution in [0.1, 0.15) is 60.5 Å². The van der Waals surface area contributed by atoms with Crippen molar-refractivity contribution in [3.63, 3.8) is 0 Å². The lowest BCUT2D eigenvalue weighted by Crippen LogP contribution is -2.53. The monoisotopic (exact) mass is 419 g/mol. The summed E-state index contributed by atoms with van der Waals surface area (Å²) in [4.78, 5) is 48.3. The van der Waals surface area contributed by atoms with Gasteiger partial charge in [-0.25, -0.2) is 0 Å². The number of hydrogen-bond donors (Lipinski definition) is 3. The second-order valence-electron chi connectivity index (χ2n) is 8.40. The van der Waals surface area contributed by atoms with Crippen molar-refractivity contribution in [2.75, 3.05) is 6.54 Å². The molecule has 7 nitrogen and oxygen atoms in total. The summed E-state index contributed by atoms with van der Waals surface area (Å²) < 4.78 is 0. The van der Waals surface area contributed by atoms with Crippen molar-refractivity contribution in [1.82, 2.24) is 10.6 Å². The van der Waals surface area contributed by atoms with Gasteiger partial charge in [0.05, 0.1) is 6.54 Å². The van der Waals surface area contributed by atoms with E-state index in [9.17, 15) is 19.2 Å². The summed E-state index contributed by atoms with van der Waals surface area (Å²) in [5.41, 5.74) is 4.42. The normalized spacial score (nSPS) is 12.1. The van der Waals surface area contributed by atoms with Crippen molar-refractivity contribution < 1.29 is 19.2 Å². The molecule has 168 valence electrons. The highest BCUT2D eigenvalue weighted by molar-refractivity contribution is 5.92. The fraction of sp³-hybridized carbons (Fsp3) is 0.565. The van der Waals surface area contributed by atoms with Crippen LogP contribution in [-0.4, -0.2) is 36.1 Å². The zero-order chi connectivity index (χ0) is 23.5. The fourth-order valence-electron chi connectivity index (χ4n) is 3.02. The minimum absolute atomic E-state index is 0.00610. The molecule has 0 saturated heterocycles. The lowest BCUT2D eigenvalue weighted by atomic mass is 9.72. The highest BCUT2D eigenvalue weighted by Crippen LogP contribution is 2.34. The summed E-state index contributed by atoms with van der Waals surface area (Å²) in [6, 6.07) is 8.38. The molecule has 0 saturated carbocycles. The molecule has 1 rings (SSSR count). The highest BCUT2D eigenvalue weighted by Gasteiger charge is 2.38. The molecule has 30 heavy (non-hydrogen) atoms. The maximum Gasteiger partial charge on any atom is 0.243 e. The Labute approximate surface area is 180 Å². The predicted molar refractivity (Wildman–Crippen MR) is 118 cm³/mol. The summed E-state index contributed by atoms with van der Waals surface area (Å²) in [7, 11) is 0. The summed E-state index contributed by atoms with van der Waals surface area (Å²) in [5, 5.41) is 5.22. The average molecular weight is 420 g/mol. The first-order chi connectivity index (χ1) is 13.8. The zero-order valence-corrected chi connectivity index (χ0v) is 19.3.